The smallest absolute Gasteiger partial charge is 0.247 e. The number of thiophene rings is 1. The number of primary sulfonamides is 1. The summed E-state index contributed by atoms with van der Waals surface area (Å²) in [5.74, 6) is -0.0918. The molecule has 0 saturated carbocycles. The lowest BCUT2D eigenvalue weighted by atomic mass is 9.89. The molecule has 118 valence electrons. The molecule has 1 saturated heterocycles. The molecule has 0 spiro atoms. The van der Waals surface area contributed by atoms with Crippen LogP contribution in [0.4, 0.5) is 0 Å². The first-order valence-electron chi connectivity index (χ1n) is 6.75. The molecular formula is C13H20N2O4S2. The van der Waals surface area contributed by atoms with Crippen LogP contribution in [0.25, 0.3) is 0 Å². The minimum Gasteiger partial charge on any atom is -0.374 e. The average Bonchev–Trinajstić information content (AvgIpc) is 2.93. The summed E-state index contributed by atoms with van der Waals surface area (Å²) in [6.07, 6.45) is -0.0511. The molecule has 0 aliphatic carbocycles. The van der Waals surface area contributed by atoms with E-state index in [1.807, 2.05) is 20.8 Å². The Labute approximate surface area is 128 Å². The van der Waals surface area contributed by atoms with Crippen molar-refractivity contribution in [2.75, 3.05) is 0 Å². The molecule has 4 unspecified atom stereocenters. The molecule has 2 heterocycles. The summed E-state index contributed by atoms with van der Waals surface area (Å²) in [5, 5.41) is 7.90. The van der Waals surface area contributed by atoms with E-state index in [4.69, 9.17) is 9.88 Å². The van der Waals surface area contributed by atoms with Gasteiger partial charge in [-0.1, -0.05) is 6.92 Å². The number of ether oxygens (including phenoxy) is 1. The normalized spacial score (nSPS) is 29.5. The van der Waals surface area contributed by atoms with Gasteiger partial charge in [-0.3, -0.25) is 4.79 Å². The molecule has 1 fully saturated rings. The predicted molar refractivity (Wildman–Crippen MR) is 80.2 cm³/mol. The molecule has 4 atom stereocenters. The zero-order valence-corrected chi connectivity index (χ0v) is 13.8. The highest BCUT2D eigenvalue weighted by Crippen LogP contribution is 2.32. The van der Waals surface area contributed by atoms with Crippen LogP contribution in [0.3, 0.4) is 0 Å². The van der Waals surface area contributed by atoms with E-state index in [0.29, 0.717) is 6.54 Å². The van der Waals surface area contributed by atoms with Crippen molar-refractivity contribution in [1.29, 1.82) is 0 Å². The van der Waals surface area contributed by atoms with Crippen LogP contribution in [-0.4, -0.2) is 26.5 Å². The minimum atomic E-state index is -3.68. The van der Waals surface area contributed by atoms with Crippen LogP contribution in [0.1, 0.15) is 25.6 Å². The van der Waals surface area contributed by atoms with Crippen LogP contribution in [-0.2, 0) is 26.1 Å². The highest BCUT2D eigenvalue weighted by Gasteiger charge is 2.41. The van der Waals surface area contributed by atoms with Gasteiger partial charge in [0.15, 0.2) is 0 Å². The maximum atomic E-state index is 12.3. The summed E-state index contributed by atoms with van der Waals surface area (Å²) in [4.78, 5) is 13.0. The van der Waals surface area contributed by atoms with Crippen molar-refractivity contribution in [3.8, 4) is 0 Å². The van der Waals surface area contributed by atoms with Gasteiger partial charge >= 0.3 is 0 Å². The van der Waals surface area contributed by atoms with E-state index in [-0.39, 0.29) is 34.2 Å². The Morgan fingerprint density at radius 1 is 1.33 bits per heavy atom. The molecule has 2 rings (SSSR count). The van der Waals surface area contributed by atoms with Crippen molar-refractivity contribution in [2.24, 2.45) is 17.0 Å². The Kier molecular flexibility index (Phi) is 4.72. The molecule has 0 aromatic carbocycles. The van der Waals surface area contributed by atoms with Crippen LogP contribution in [0.5, 0.6) is 0 Å². The number of hydrogen-bond acceptors (Lipinski definition) is 5. The maximum absolute atomic E-state index is 12.3. The number of amides is 1. The predicted octanol–water partition coefficient (Wildman–Crippen LogP) is 1.07. The molecule has 1 aliphatic rings. The quantitative estimate of drug-likeness (QED) is 0.861. The standard InChI is InChI=1S/C13H20N2O4S2/c1-7-8(2)19-9(3)12(7)13(16)15-6-10-4-5-11(20-10)21(14,17)18/h4-5,7-9,12H,6H2,1-3H3,(H,15,16)(H2,14,17,18). The SMILES string of the molecule is CC1OC(C)C(C(=O)NCc2ccc(S(N)(=O)=O)s2)C1C. The highest BCUT2D eigenvalue weighted by atomic mass is 32.2. The first-order valence-corrected chi connectivity index (χ1v) is 9.11. The fourth-order valence-electron chi connectivity index (χ4n) is 2.62. The Morgan fingerprint density at radius 3 is 2.48 bits per heavy atom. The summed E-state index contributed by atoms with van der Waals surface area (Å²) in [5.41, 5.74) is 0. The van der Waals surface area contributed by atoms with Crippen molar-refractivity contribution in [3.05, 3.63) is 17.0 Å². The van der Waals surface area contributed by atoms with Crippen LogP contribution < -0.4 is 10.5 Å². The topological polar surface area (TPSA) is 98.5 Å². The van der Waals surface area contributed by atoms with Gasteiger partial charge < -0.3 is 10.1 Å². The number of nitrogens with one attached hydrogen (secondary N) is 1. The molecular weight excluding hydrogens is 312 g/mol. The molecule has 0 radical (unpaired) electrons. The van der Waals surface area contributed by atoms with Gasteiger partial charge in [-0.2, -0.15) is 0 Å². The molecule has 1 aromatic rings. The van der Waals surface area contributed by atoms with Crippen molar-refractivity contribution in [2.45, 2.75) is 43.7 Å². The summed E-state index contributed by atoms with van der Waals surface area (Å²) >= 11 is 1.07. The van der Waals surface area contributed by atoms with Gasteiger partial charge in [0.1, 0.15) is 4.21 Å². The monoisotopic (exact) mass is 332 g/mol. The van der Waals surface area contributed by atoms with Crippen molar-refractivity contribution in [1.82, 2.24) is 5.32 Å². The molecule has 1 amide bonds. The maximum Gasteiger partial charge on any atom is 0.247 e. The lowest BCUT2D eigenvalue weighted by Gasteiger charge is -2.17. The zero-order valence-electron chi connectivity index (χ0n) is 12.2. The van der Waals surface area contributed by atoms with Crippen LogP contribution in [0, 0.1) is 11.8 Å². The average molecular weight is 332 g/mol. The molecule has 6 nitrogen and oxygen atoms in total. The highest BCUT2D eigenvalue weighted by molar-refractivity contribution is 7.91. The van der Waals surface area contributed by atoms with E-state index >= 15 is 0 Å². The number of carbonyl (C=O) groups is 1. The fraction of sp³-hybridized carbons (Fsp3) is 0.615. The summed E-state index contributed by atoms with van der Waals surface area (Å²) in [7, 11) is -3.68. The third-order valence-corrected chi connectivity index (χ3v) is 6.42. The van der Waals surface area contributed by atoms with Crippen molar-refractivity contribution >= 4 is 27.3 Å². The molecule has 0 bridgehead atoms. The molecule has 1 aliphatic heterocycles. The van der Waals surface area contributed by atoms with Gasteiger partial charge in [0.25, 0.3) is 0 Å². The Hall–Kier alpha value is -0.960. The third-order valence-electron chi connectivity index (χ3n) is 3.90. The number of sulfonamides is 1. The summed E-state index contributed by atoms with van der Waals surface area (Å²) < 4.78 is 28.2. The molecule has 8 heteroatoms. The van der Waals surface area contributed by atoms with Crippen LogP contribution in [0.2, 0.25) is 0 Å². The first kappa shape index (κ1) is 16.4. The van der Waals surface area contributed by atoms with Gasteiger partial charge in [0.2, 0.25) is 15.9 Å². The van der Waals surface area contributed by atoms with Crippen molar-refractivity contribution < 1.29 is 17.9 Å². The second-order valence-corrected chi connectivity index (χ2v) is 8.37. The largest absolute Gasteiger partial charge is 0.374 e. The number of nitrogens with two attached hydrogens (primary N) is 1. The molecule has 3 N–H and O–H groups in total. The van der Waals surface area contributed by atoms with Gasteiger partial charge in [-0.05, 0) is 31.9 Å². The van der Waals surface area contributed by atoms with E-state index in [0.717, 1.165) is 16.2 Å². The van der Waals surface area contributed by atoms with Crippen molar-refractivity contribution in [3.63, 3.8) is 0 Å². The van der Waals surface area contributed by atoms with E-state index < -0.39 is 10.0 Å². The van der Waals surface area contributed by atoms with Gasteiger partial charge in [-0.25, -0.2) is 13.6 Å². The Bertz CT molecular complexity index is 626. The van der Waals surface area contributed by atoms with Crippen LogP contribution in [0.15, 0.2) is 16.3 Å². The third kappa shape index (κ3) is 3.63. The fourth-order valence-corrected chi connectivity index (χ4v) is 4.34. The molecule has 1 aromatic heterocycles. The van der Waals surface area contributed by atoms with Gasteiger partial charge in [-0.15, -0.1) is 11.3 Å². The first-order chi connectivity index (χ1) is 9.70. The second-order valence-electron chi connectivity index (χ2n) is 5.41. The molecule has 21 heavy (non-hydrogen) atoms. The Balaban J connectivity index is 1.97. The second kappa shape index (κ2) is 6.04. The lowest BCUT2D eigenvalue weighted by molar-refractivity contribution is -0.127. The van der Waals surface area contributed by atoms with Crippen LogP contribution >= 0.6 is 11.3 Å². The Morgan fingerprint density at radius 2 is 2.00 bits per heavy atom. The summed E-state index contributed by atoms with van der Waals surface area (Å²) in [6.45, 7) is 6.16. The van der Waals surface area contributed by atoms with E-state index in [1.54, 1.807) is 6.07 Å². The van der Waals surface area contributed by atoms with E-state index in [1.165, 1.54) is 6.07 Å². The summed E-state index contributed by atoms with van der Waals surface area (Å²) in [6, 6.07) is 3.11. The lowest BCUT2D eigenvalue weighted by Crippen LogP contribution is -2.36. The van der Waals surface area contributed by atoms with Gasteiger partial charge in [0, 0.05) is 4.88 Å². The zero-order chi connectivity index (χ0) is 15.8. The number of rotatable bonds is 4. The number of carbonyl (C=O) groups excluding carboxylic acids is 1. The van der Waals surface area contributed by atoms with E-state index in [9.17, 15) is 13.2 Å². The van der Waals surface area contributed by atoms with E-state index in [2.05, 4.69) is 5.32 Å². The number of hydrogen-bond donors (Lipinski definition) is 2. The van der Waals surface area contributed by atoms with Gasteiger partial charge in [0.05, 0.1) is 24.7 Å². The minimum absolute atomic E-state index is 0.0615.